The van der Waals surface area contributed by atoms with Gasteiger partial charge in [-0.1, -0.05) is 18.2 Å². The topological polar surface area (TPSA) is 17.1 Å². The van der Waals surface area contributed by atoms with E-state index in [9.17, 15) is 4.79 Å². The van der Waals surface area contributed by atoms with Gasteiger partial charge in [-0.2, -0.15) is 0 Å². The summed E-state index contributed by atoms with van der Waals surface area (Å²) in [7, 11) is 0. The second kappa shape index (κ2) is 4.61. The monoisotopic (exact) mass is 210 g/mol. The fraction of sp³-hybridized carbons (Fsp3) is 0.417. The van der Waals surface area contributed by atoms with E-state index in [1.54, 1.807) is 0 Å². The normalized spacial score (nSPS) is 12.6. The summed E-state index contributed by atoms with van der Waals surface area (Å²) < 4.78 is 0. The van der Waals surface area contributed by atoms with Gasteiger partial charge in [0.15, 0.2) is 0 Å². The number of carbonyl (C=O) groups excluding carboxylic acids is 1. The Hall–Kier alpha value is -0.820. The molecule has 0 amide bonds. The smallest absolute Gasteiger partial charge is 0.147 e. The molecule has 0 saturated carbocycles. The molecule has 0 aliphatic carbocycles. The Kier molecular flexibility index (Phi) is 3.70. The van der Waals surface area contributed by atoms with Gasteiger partial charge in [0.05, 0.1) is 5.38 Å². The Bertz CT molecular complexity index is 324. The molecule has 0 spiro atoms. The maximum Gasteiger partial charge on any atom is 0.147 e. The van der Waals surface area contributed by atoms with Crippen LogP contribution in [0.3, 0.4) is 0 Å². The number of carbonyl (C=O) groups is 1. The second-order valence-electron chi connectivity index (χ2n) is 3.65. The van der Waals surface area contributed by atoms with Gasteiger partial charge in [0.2, 0.25) is 0 Å². The number of hydrogen-bond acceptors (Lipinski definition) is 1. The van der Waals surface area contributed by atoms with Crippen molar-refractivity contribution < 1.29 is 4.79 Å². The van der Waals surface area contributed by atoms with Crippen LogP contribution in [0.5, 0.6) is 0 Å². The zero-order chi connectivity index (χ0) is 10.7. The third-order valence-electron chi connectivity index (χ3n) is 2.47. The van der Waals surface area contributed by atoms with Gasteiger partial charge in [-0.05, 0) is 43.9 Å². The standard InChI is InChI=1S/C12H15ClO/c1-8-5-4-6-9(2)11(8)7-12(13)10(3)14/h4-6,12H,7H2,1-3H3. The fourth-order valence-electron chi connectivity index (χ4n) is 1.49. The van der Waals surface area contributed by atoms with E-state index in [2.05, 4.69) is 0 Å². The highest BCUT2D eigenvalue weighted by atomic mass is 35.5. The van der Waals surface area contributed by atoms with Crippen molar-refractivity contribution in [3.63, 3.8) is 0 Å². The Labute approximate surface area is 90.1 Å². The number of benzene rings is 1. The van der Waals surface area contributed by atoms with Gasteiger partial charge in [0.25, 0.3) is 0 Å². The first-order valence-corrected chi connectivity index (χ1v) is 5.15. The summed E-state index contributed by atoms with van der Waals surface area (Å²) in [5, 5.41) is -0.394. The molecule has 0 saturated heterocycles. The summed E-state index contributed by atoms with van der Waals surface area (Å²) in [6, 6.07) is 6.11. The number of Topliss-reactive ketones (excluding diaryl/α,β-unsaturated/α-hetero) is 1. The zero-order valence-electron chi connectivity index (χ0n) is 8.80. The molecule has 0 bridgehead atoms. The molecule has 0 fully saturated rings. The van der Waals surface area contributed by atoms with E-state index in [4.69, 9.17) is 11.6 Å². The molecule has 0 aliphatic rings. The molecule has 1 rings (SSSR count). The van der Waals surface area contributed by atoms with Gasteiger partial charge in [-0.3, -0.25) is 4.79 Å². The Balaban J connectivity index is 2.91. The quantitative estimate of drug-likeness (QED) is 0.701. The molecular weight excluding hydrogens is 196 g/mol. The van der Waals surface area contributed by atoms with Gasteiger partial charge < -0.3 is 0 Å². The summed E-state index contributed by atoms with van der Waals surface area (Å²) in [5.41, 5.74) is 3.61. The van der Waals surface area contributed by atoms with Gasteiger partial charge in [0.1, 0.15) is 5.78 Å². The summed E-state index contributed by atoms with van der Waals surface area (Å²) in [4.78, 5) is 11.0. The lowest BCUT2D eigenvalue weighted by molar-refractivity contribution is -0.116. The first-order chi connectivity index (χ1) is 6.52. The Morgan fingerprint density at radius 3 is 2.29 bits per heavy atom. The molecule has 14 heavy (non-hydrogen) atoms. The van der Waals surface area contributed by atoms with Crippen LogP contribution in [0, 0.1) is 13.8 Å². The van der Waals surface area contributed by atoms with Gasteiger partial charge >= 0.3 is 0 Å². The van der Waals surface area contributed by atoms with Crippen molar-refractivity contribution in [2.75, 3.05) is 0 Å². The first-order valence-electron chi connectivity index (χ1n) is 4.72. The molecule has 0 N–H and O–H groups in total. The molecule has 76 valence electrons. The van der Waals surface area contributed by atoms with Crippen LogP contribution in [0.2, 0.25) is 0 Å². The average Bonchev–Trinajstić information content (AvgIpc) is 2.11. The number of hydrogen-bond donors (Lipinski definition) is 0. The van der Waals surface area contributed by atoms with Crippen molar-refractivity contribution in [2.24, 2.45) is 0 Å². The zero-order valence-corrected chi connectivity index (χ0v) is 9.56. The summed E-state index contributed by atoms with van der Waals surface area (Å²) in [6.45, 7) is 5.63. The molecule has 1 nitrogen and oxygen atoms in total. The van der Waals surface area contributed by atoms with Crippen molar-refractivity contribution >= 4 is 17.4 Å². The third-order valence-corrected chi connectivity index (χ3v) is 2.93. The van der Waals surface area contributed by atoms with E-state index >= 15 is 0 Å². The van der Waals surface area contributed by atoms with Crippen molar-refractivity contribution in [1.82, 2.24) is 0 Å². The fourth-order valence-corrected chi connectivity index (χ4v) is 1.65. The maximum absolute atomic E-state index is 11.0. The molecule has 0 radical (unpaired) electrons. The number of aryl methyl sites for hydroxylation is 2. The summed E-state index contributed by atoms with van der Waals surface area (Å²) >= 11 is 5.94. The van der Waals surface area contributed by atoms with Crippen LogP contribution in [-0.4, -0.2) is 11.2 Å². The van der Waals surface area contributed by atoms with Crippen molar-refractivity contribution in [3.05, 3.63) is 34.9 Å². The number of rotatable bonds is 3. The lowest BCUT2D eigenvalue weighted by Gasteiger charge is -2.11. The van der Waals surface area contributed by atoms with E-state index in [0.29, 0.717) is 6.42 Å². The molecule has 1 atom stereocenters. The molecule has 1 unspecified atom stereocenters. The third kappa shape index (κ3) is 2.58. The van der Waals surface area contributed by atoms with Gasteiger partial charge in [-0.15, -0.1) is 11.6 Å². The summed E-state index contributed by atoms with van der Waals surface area (Å²) in [5.74, 6) is 0.0364. The van der Waals surface area contributed by atoms with Crippen molar-refractivity contribution in [3.8, 4) is 0 Å². The van der Waals surface area contributed by atoms with Gasteiger partial charge in [0, 0.05) is 0 Å². The SMILES string of the molecule is CC(=O)C(Cl)Cc1c(C)cccc1C. The highest BCUT2D eigenvalue weighted by molar-refractivity contribution is 6.30. The van der Waals surface area contributed by atoms with E-state index in [0.717, 1.165) is 0 Å². The van der Waals surface area contributed by atoms with E-state index in [1.807, 2.05) is 32.0 Å². The predicted molar refractivity (Wildman–Crippen MR) is 59.9 cm³/mol. The largest absolute Gasteiger partial charge is 0.298 e. The number of halogens is 1. The van der Waals surface area contributed by atoms with E-state index in [-0.39, 0.29) is 5.78 Å². The van der Waals surface area contributed by atoms with E-state index < -0.39 is 5.38 Å². The minimum Gasteiger partial charge on any atom is -0.298 e. The lowest BCUT2D eigenvalue weighted by Crippen LogP contribution is -2.14. The van der Waals surface area contributed by atoms with Crippen LogP contribution in [0.15, 0.2) is 18.2 Å². The van der Waals surface area contributed by atoms with Crippen LogP contribution in [0.1, 0.15) is 23.6 Å². The highest BCUT2D eigenvalue weighted by Gasteiger charge is 2.13. The molecule has 1 aromatic rings. The number of ketones is 1. The molecule has 0 aliphatic heterocycles. The minimum atomic E-state index is -0.394. The van der Waals surface area contributed by atoms with Crippen LogP contribution in [0.25, 0.3) is 0 Å². The molecular formula is C12H15ClO. The minimum absolute atomic E-state index is 0.0364. The number of alkyl halides is 1. The predicted octanol–water partition coefficient (Wildman–Crippen LogP) is 3.04. The second-order valence-corrected chi connectivity index (χ2v) is 4.18. The van der Waals surface area contributed by atoms with Crippen LogP contribution in [-0.2, 0) is 11.2 Å². The molecule has 1 aromatic carbocycles. The average molecular weight is 211 g/mol. The highest BCUT2D eigenvalue weighted by Crippen LogP contribution is 2.17. The van der Waals surface area contributed by atoms with Crippen LogP contribution < -0.4 is 0 Å². The summed E-state index contributed by atoms with van der Waals surface area (Å²) in [6.07, 6.45) is 0.634. The van der Waals surface area contributed by atoms with E-state index in [1.165, 1.54) is 23.6 Å². The Morgan fingerprint density at radius 1 is 1.36 bits per heavy atom. The lowest BCUT2D eigenvalue weighted by atomic mass is 9.98. The van der Waals surface area contributed by atoms with Crippen LogP contribution in [0.4, 0.5) is 0 Å². The maximum atomic E-state index is 11.0. The van der Waals surface area contributed by atoms with Crippen molar-refractivity contribution in [2.45, 2.75) is 32.6 Å². The van der Waals surface area contributed by atoms with Gasteiger partial charge in [-0.25, -0.2) is 0 Å². The Morgan fingerprint density at radius 2 is 1.86 bits per heavy atom. The van der Waals surface area contributed by atoms with Crippen molar-refractivity contribution in [1.29, 1.82) is 0 Å². The first kappa shape index (κ1) is 11.3. The molecule has 2 heteroatoms. The molecule has 0 heterocycles. The van der Waals surface area contributed by atoms with Crippen LogP contribution >= 0.6 is 11.6 Å². The molecule has 0 aromatic heterocycles.